The molecule has 3 amide bonds. The minimum Gasteiger partial charge on any atom is -0.481 e. The molecule has 0 aliphatic heterocycles. The van der Waals surface area contributed by atoms with Crippen LogP contribution in [0.1, 0.15) is 70.2 Å². The van der Waals surface area contributed by atoms with Crippen molar-refractivity contribution >= 4 is 39.3 Å². The van der Waals surface area contributed by atoms with Crippen LogP contribution >= 0.6 is 0 Å². The normalized spacial score (nSPS) is 12.8. The number of aliphatic carboxylic acids is 1. The van der Waals surface area contributed by atoms with E-state index < -0.39 is 86.6 Å². The minimum absolute atomic E-state index is 0.0237. The lowest BCUT2D eigenvalue weighted by Crippen LogP contribution is -2.48. The largest absolute Gasteiger partial charge is 0.481 e. The van der Waals surface area contributed by atoms with Crippen molar-refractivity contribution < 1.29 is 51.4 Å². The van der Waals surface area contributed by atoms with Gasteiger partial charge in [0.05, 0.1) is 30.0 Å². The lowest BCUT2D eigenvalue weighted by Gasteiger charge is -2.41. The molecule has 56 heavy (non-hydrogen) atoms. The summed E-state index contributed by atoms with van der Waals surface area (Å²) in [5.41, 5.74) is 7.35. The van der Waals surface area contributed by atoms with Gasteiger partial charge in [0.2, 0.25) is 17.7 Å². The summed E-state index contributed by atoms with van der Waals surface area (Å²) in [6.45, 7) is 4.48. The highest BCUT2D eigenvalue weighted by molar-refractivity contribution is 7.91. The van der Waals surface area contributed by atoms with Gasteiger partial charge >= 0.3 is 5.97 Å². The van der Waals surface area contributed by atoms with Crippen LogP contribution < -0.4 is 16.4 Å². The Morgan fingerprint density at radius 1 is 0.911 bits per heavy atom. The highest BCUT2D eigenvalue weighted by Crippen LogP contribution is 2.41. The van der Waals surface area contributed by atoms with Crippen molar-refractivity contribution in [3.05, 3.63) is 83.7 Å². The average Bonchev–Trinajstić information content (AvgIpc) is 3.53. The van der Waals surface area contributed by atoms with E-state index in [1.807, 2.05) is 55.7 Å². The molecule has 0 spiro atoms. The molecule has 3 aromatic rings. The van der Waals surface area contributed by atoms with E-state index in [-0.39, 0.29) is 57.3 Å². The minimum atomic E-state index is -3.73. The van der Waals surface area contributed by atoms with Gasteiger partial charge in [-0.25, -0.2) is 17.2 Å². The number of amides is 3. The first kappa shape index (κ1) is 45.4. The van der Waals surface area contributed by atoms with Gasteiger partial charge in [-0.15, -0.1) is 0 Å². The molecular formula is C39H51F2N5O9S. The van der Waals surface area contributed by atoms with Crippen molar-refractivity contribution in [2.24, 2.45) is 11.1 Å². The first-order valence-corrected chi connectivity index (χ1v) is 20.0. The molecule has 17 heteroatoms. The number of aliphatic hydroxyl groups is 1. The van der Waals surface area contributed by atoms with E-state index in [1.165, 1.54) is 4.90 Å². The van der Waals surface area contributed by atoms with E-state index in [4.69, 9.17) is 10.8 Å². The summed E-state index contributed by atoms with van der Waals surface area (Å²) in [6.07, 6.45) is 0.692. The molecule has 0 aliphatic rings. The molecule has 1 heterocycles. The Morgan fingerprint density at radius 3 is 2.18 bits per heavy atom. The van der Waals surface area contributed by atoms with Crippen LogP contribution in [0.2, 0.25) is 0 Å². The molecule has 306 valence electrons. The van der Waals surface area contributed by atoms with Gasteiger partial charge in [-0.3, -0.25) is 24.0 Å². The molecule has 0 saturated carbocycles. The molecular weight excluding hydrogens is 753 g/mol. The van der Waals surface area contributed by atoms with Crippen LogP contribution in [-0.4, -0.2) is 101 Å². The van der Waals surface area contributed by atoms with Gasteiger partial charge in [0, 0.05) is 68.5 Å². The number of carbonyl (C=O) groups is 5. The van der Waals surface area contributed by atoms with Crippen LogP contribution in [-0.2, 0) is 40.4 Å². The lowest BCUT2D eigenvalue weighted by molar-refractivity contribution is -0.140. The second kappa shape index (κ2) is 20.8. The number of nitrogens with two attached hydrogens (primary N) is 1. The summed E-state index contributed by atoms with van der Waals surface area (Å²) < 4.78 is 56.2. The number of hydrogen-bond acceptors (Lipinski definition) is 9. The molecule has 6 N–H and O–H groups in total. The molecule has 3 rings (SSSR count). The number of ketones is 1. The molecule has 0 aliphatic carbocycles. The molecule has 2 atom stereocenters. The maximum atomic E-state index is 15.0. The standard InChI is InChI=1S/C39H51F2N5O9S/c1-39(2,3)37(33-21-27(30-22-28(40)9-12-31(30)41)24-45(33)23-26-7-5-4-6-8-26)46(35(50)25-47)18-15-32(42)38(53)44-17-20-56(54,55)19-16-43-34(49)13-10-29(48)11-14-36(51)52/h4-9,12,21-22,24,32,37,47H,10-11,13-20,23,25,42H2,1-3H3,(H,43,49)(H,44,53)(H,51,52)/t32-,37-/m0/s1. The topological polar surface area (TPSA) is 218 Å². The van der Waals surface area contributed by atoms with Gasteiger partial charge < -0.3 is 36.0 Å². The summed E-state index contributed by atoms with van der Waals surface area (Å²) >= 11 is 0. The van der Waals surface area contributed by atoms with Crippen molar-refractivity contribution in [1.29, 1.82) is 0 Å². The maximum absolute atomic E-state index is 15.0. The zero-order chi connectivity index (χ0) is 41.6. The molecule has 14 nitrogen and oxygen atoms in total. The Kier molecular flexibility index (Phi) is 16.8. The molecule has 0 fully saturated rings. The third kappa shape index (κ3) is 14.3. The second-order valence-corrected chi connectivity index (χ2v) is 16.8. The number of benzene rings is 2. The van der Waals surface area contributed by atoms with Crippen molar-refractivity contribution in [2.45, 2.75) is 71.5 Å². The third-order valence-corrected chi connectivity index (χ3v) is 10.6. The Balaban J connectivity index is 1.68. The van der Waals surface area contributed by atoms with E-state index in [0.717, 1.165) is 23.8 Å². The molecule has 0 bridgehead atoms. The fourth-order valence-corrected chi connectivity index (χ4v) is 7.16. The Labute approximate surface area is 325 Å². The number of carboxylic acid groups (broad SMARTS) is 1. The number of carbonyl (C=O) groups excluding carboxylic acids is 4. The second-order valence-electron chi connectivity index (χ2n) is 14.5. The Bertz CT molecular complexity index is 1950. The van der Waals surface area contributed by atoms with Gasteiger partial charge in [-0.05, 0) is 41.7 Å². The molecule has 0 unspecified atom stereocenters. The Hall–Kier alpha value is -5.00. The van der Waals surface area contributed by atoms with Crippen molar-refractivity contribution in [3.63, 3.8) is 0 Å². The zero-order valence-electron chi connectivity index (χ0n) is 31.8. The number of aromatic nitrogens is 1. The highest BCUT2D eigenvalue weighted by Gasteiger charge is 2.37. The van der Waals surface area contributed by atoms with Crippen molar-refractivity contribution in [1.82, 2.24) is 20.1 Å². The van der Waals surface area contributed by atoms with Gasteiger partial charge in [0.1, 0.15) is 24.0 Å². The molecule has 0 saturated heterocycles. The predicted octanol–water partition coefficient (Wildman–Crippen LogP) is 2.97. The zero-order valence-corrected chi connectivity index (χ0v) is 32.6. The van der Waals surface area contributed by atoms with Crippen molar-refractivity contribution in [3.8, 4) is 11.1 Å². The van der Waals surface area contributed by atoms with Crippen LogP contribution in [0.4, 0.5) is 8.78 Å². The van der Waals surface area contributed by atoms with E-state index in [0.29, 0.717) is 17.8 Å². The first-order valence-electron chi connectivity index (χ1n) is 18.1. The third-order valence-electron chi connectivity index (χ3n) is 8.95. The fraction of sp³-hybridized carbons (Fsp3) is 0.462. The molecule has 1 aromatic heterocycles. The van der Waals surface area contributed by atoms with Crippen LogP contribution in [0.25, 0.3) is 11.1 Å². The van der Waals surface area contributed by atoms with Gasteiger partial charge in [-0.1, -0.05) is 51.1 Å². The quantitative estimate of drug-likeness (QED) is 0.100. The fourth-order valence-electron chi connectivity index (χ4n) is 6.13. The van der Waals surface area contributed by atoms with Crippen LogP contribution in [0, 0.1) is 17.0 Å². The number of rotatable bonds is 22. The number of nitrogens with one attached hydrogen (secondary N) is 2. The van der Waals surface area contributed by atoms with Gasteiger partial charge in [0.15, 0.2) is 9.84 Å². The lowest BCUT2D eigenvalue weighted by atomic mass is 9.82. The number of halogens is 2. The summed E-state index contributed by atoms with van der Waals surface area (Å²) in [4.78, 5) is 61.9. The predicted molar refractivity (Wildman–Crippen MR) is 205 cm³/mol. The number of carboxylic acids is 1. The number of aliphatic hydroxyl groups excluding tert-OH is 1. The SMILES string of the molecule is CC(C)(C)[C@H](c1cc(-c2cc(F)ccc2F)cn1Cc1ccccc1)N(CC[C@H](N)C(=O)NCCS(=O)(=O)CCNC(=O)CCC(=O)CCC(=O)O)C(=O)CO. The van der Waals surface area contributed by atoms with E-state index in [1.54, 1.807) is 12.3 Å². The van der Waals surface area contributed by atoms with Gasteiger partial charge in [0.25, 0.3) is 0 Å². The molecule has 0 radical (unpaired) electrons. The van der Waals surface area contributed by atoms with Crippen LogP contribution in [0.15, 0.2) is 60.8 Å². The Morgan fingerprint density at radius 2 is 1.55 bits per heavy atom. The summed E-state index contributed by atoms with van der Waals surface area (Å²) in [7, 11) is -3.73. The number of sulfone groups is 1. The van der Waals surface area contributed by atoms with E-state index >= 15 is 4.39 Å². The van der Waals surface area contributed by atoms with Crippen LogP contribution in [0.3, 0.4) is 0 Å². The first-order chi connectivity index (χ1) is 26.3. The van der Waals surface area contributed by atoms with Crippen molar-refractivity contribution in [2.75, 3.05) is 37.7 Å². The summed E-state index contributed by atoms with van der Waals surface area (Å²) in [6, 6.07) is 12.3. The number of hydrogen-bond donors (Lipinski definition) is 5. The highest BCUT2D eigenvalue weighted by atomic mass is 32.2. The summed E-state index contributed by atoms with van der Waals surface area (Å²) in [5, 5.41) is 23.6. The van der Waals surface area contributed by atoms with E-state index in [2.05, 4.69) is 10.6 Å². The molecule has 2 aromatic carbocycles. The van der Waals surface area contributed by atoms with Gasteiger partial charge in [-0.2, -0.15) is 0 Å². The average molecular weight is 804 g/mol. The van der Waals surface area contributed by atoms with E-state index in [9.17, 15) is 41.9 Å². The maximum Gasteiger partial charge on any atom is 0.303 e. The van der Waals surface area contributed by atoms with Crippen LogP contribution in [0.5, 0.6) is 0 Å². The smallest absolute Gasteiger partial charge is 0.303 e. The summed E-state index contributed by atoms with van der Waals surface area (Å²) in [5.74, 6) is -5.58. The number of Topliss-reactive ketones (excluding diaryl/α,β-unsaturated/α-hetero) is 1. The monoisotopic (exact) mass is 803 g/mol. The number of nitrogens with zero attached hydrogens (tertiary/aromatic N) is 2.